The van der Waals surface area contributed by atoms with Crippen LogP contribution in [-0.2, 0) is 0 Å². The maximum Gasteiger partial charge on any atom is 0.411 e. The molecule has 0 unspecified atom stereocenters. The molecule has 7 heteroatoms. The van der Waals surface area contributed by atoms with Gasteiger partial charge in [0.15, 0.2) is 0 Å². The predicted molar refractivity (Wildman–Crippen MR) is 89.6 cm³/mol. The van der Waals surface area contributed by atoms with Crippen LogP contribution < -0.4 is 5.56 Å². The molecule has 3 aromatic rings. The zero-order valence-corrected chi connectivity index (χ0v) is 13.7. The summed E-state index contributed by atoms with van der Waals surface area (Å²) in [6.07, 6.45) is -3.35. The summed E-state index contributed by atoms with van der Waals surface area (Å²) in [5, 5.41) is 0.240. The number of hydrogen-bond donors (Lipinski definition) is 0. The van der Waals surface area contributed by atoms with E-state index in [-0.39, 0.29) is 22.7 Å². The third-order valence-electron chi connectivity index (χ3n) is 3.35. The summed E-state index contributed by atoms with van der Waals surface area (Å²) in [5.41, 5.74) is -0.155. The molecule has 0 aliphatic carbocycles. The Morgan fingerprint density at radius 2 is 1.83 bits per heavy atom. The number of rotatable bonds is 2. The lowest BCUT2D eigenvalue weighted by molar-refractivity contribution is -0.0795. The molecule has 0 aliphatic heterocycles. The SMILES string of the molecule is O=c1c2ccc(Br)cc2ncn1/C(=C\C(F)(F)F)c1ccccc1. The second kappa shape index (κ2) is 6.24. The van der Waals surface area contributed by atoms with Crippen LogP contribution in [0.25, 0.3) is 16.6 Å². The van der Waals surface area contributed by atoms with Crippen LogP contribution in [0.2, 0.25) is 0 Å². The number of hydrogen-bond acceptors (Lipinski definition) is 2. The Bertz CT molecular complexity index is 979. The average molecular weight is 395 g/mol. The van der Waals surface area contributed by atoms with Crippen LogP contribution in [0.3, 0.4) is 0 Å². The molecule has 0 amide bonds. The second-order valence-electron chi connectivity index (χ2n) is 5.02. The highest BCUT2D eigenvalue weighted by Crippen LogP contribution is 2.25. The Morgan fingerprint density at radius 3 is 2.50 bits per heavy atom. The van der Waals surface area contributed by atoms with E-state index in [1.165, 1.54) is 18.2 Å². The lowest BCUT2D eigenvalue weighted by atomic mass is 10.1. The van der Waals surface area contributed by atoms with Gasteiger partial charge in [0.05, 0.1) is 16.6 Å². The fraction of sp³-hybridized carbons (Fsp3) is 0.0588. The molecular formula is C17H10BrF3N2O. The lowest BCUT2D eigenvalue weighted by Crippen LogP contribution is -2.22. The van der Waals surface area contributed by atoms with Crippen LogP contribution in [0.1, 0.15) is 5.56 Å². The van der Waals surface area contributed by atoms with Gasteiger partial charge < -0.3 is 0 Å². The molecule has 0 saturated carbocycles. The molecule has 3 nitrogen and oxygen atoms in total. The summed E-state index contributed by atoms with van der Waals surface area (Å²) < 4.78 is 40.5. The van der Waals surface area contributed by atoms with E-state index in [0.29, 0.717) is 5.52 Å². The van der Waals surface area contributed by atoms with Gasteiger partial charge in [0, 0.05) is 10.5 Å². The first kappa shape index (κ1) is 16.4. The summed E-state index contributed by atoms with van der Waals surface area (Å²) in [5.74, 6) is 0. The molecule has 0 atom stereocenters. The van der Waals surface area contributed by atoms with Crippen LogP contribution in [0.15, 0.2) is 70.2 Å². The smallest absolute Gasteiger partial charge is 0.268 e. The van der Waals surface area contributed by atoms with E-state index in [1.807, 2.05) is 0 Å². The molecule has 1 heterocycles. The van der Waals surface area contributed by atoms with E-state index < -0.39 is 11.7 Å². The van der Waals surface area contributed by atoms with Crippen molar-refractivity contribution in [2.75, 3.05) is 0 Å². The van der Waals surface area contributed by atoms with Crippen molar-refractivity contribution in [2.24, 2.45) is 0 Å². The molecule has 0 aliphatic rings. The van der Waals surface area contributed by atoms with Gasteiger partial charge >= 0.3 is 6.18 Å². The zero-order valence-electron chi connectivity index (χ0n) is 12.1. The number of halogens is 4. The van der Waals surface area contributed by atoms with Gasteiger partial charge in [-0.1, -0.05) is 46.3 Å². The van der Waals surface area contributed by atoms with Crippen molar-refractivity contribution in [3.8, 4) is 0 Å². The highest BCUT2D eigenvalue weighted by molar-refractivity contribution is 9.10. The van der Waals surface area contributed by atoms with Crippen molar-refractivity contribution in [1.29, 1.82) is 0 Å². The van der Waals surface area contributed by atoms with Crippen molar-refractivity contribution in [3.05, 3.63) is 81.3 Å². The Hall–Kier alpha value is -2.41. The number of allylic oxidation sites excluding steroid dienone is 1. The minimum atomic E-state index is -4.57. The summed E-state index contributed by atoms with van der Waals surface area (Å²) in [6.45, 7) is 0. The summed E-state index contributed by atoms with van der Waals surface area (Å²) in [7, 11) is 0. The van der Waals surface area contributed by atoms with E-state index >= 15 is 0 Å². The maximum atomic E-state index is 13.0. The van der Waals surface area contributed by atoms with Gasteiger partial charge in [-0.2, -0.15) is 13.2 Å². The number of fused-ring (bicyclic) bond motifs is 1. The fourth-order valence-corrected chi connectivity index (χ4v) is 2.67. The van der Waals surface area contributed by atoms with Gasteiger partial charge in [-0.25, -0.2) is 4.98 Å². The largest absolute Gasteiger partial charge is 0.411 e. The normalized spacial score (nSPS) is 12.6. The van der Waals surface area contributed by atoms with E-state index in [4.69, 9.17) is 0 Å². The predicted octanol–water partition coefficient (Wildman–Crippen LogP) is 4.61. The summed E-state index contributed by atoms with van der Waals surface area (Å²) in [4.78, 5) is 16.7. The zero-order chi connectivity index (χ0) is 17.3. The third-order valence-corrected chi connectivity index (χ3v) is 3.84. The molecule has 24 heavy (non-hydrogen) atoms. The monoisotopic (exact) mass is 394 g/mol. The van der Waals surface area contributed by atoms with Gasteiger partial charge in [0.25, 0.3) is 5.56 Å². The Labute approximate surface area is 143 Å². The average Bonchev–Trinajstić information content (AvgIpc) is 2.53. The molecule has 122 valence electrons. The molecule has 0 bridgehead atoms. The molecule has 0 radical (unpaired) electrons. The third kappa shape index (κ3) is 3.41. The van der Waals surface area contributed by atoms with Crippen molar-refractivity contribution in [2.45, 2.75) is 6.18 Å². The van der Waals surface area contributed by atoms with Crippen LogP contribution in [-0.4, -0.2) is 15.7 Å². The number of benzene rings is 2. The molecule has 1 aromatic heterocycles. The van der Waals surface area contributed by atoms with Gasteiger partial charge in [-0.15, -0.1) is 0 Å². The van der Waals surface area contributed by atoms with Crippen molar-refractivity contribution in [3.63, 3.8) is 0 Å². The van der Waals surface area contributed by atoms with E-state index in [1.54, 1.807) is 30.3 Å². The molecule has 0 saturated heterocycles. The van der Waals surface area contributed by atoms with E-state index in [0.717, 1.165) is 15.4 Å². The Kier molecular flexibility index (Phi) is 4.28. The van der Waals surface area contributed by atoms with Crippen LogP contribution >= 0.6 is 15.9 Å². The topological polar surface area (TPSA) is 34.9 Å². The van der Waals surface area contributed by atoms with Crippen LogP contribution in [0, 0.1) is 0 Å². The minimum Gasteiger partial charge on any atom is -0.268 e. The molecular weight excluding hydrogens is 385 g/mol. The highest BCUT2D eigenvalue weighted by atomic mass is 79.9. The van der Waals surface area contributed by atoms with Crippen LogP contribution in [0.4, 0.5) is 13.2 Å². The minimum absolute atomic E-state index is 0.107. The van der Waals surface area contributed by atoms with Crippen LogP contribution in [0.5, 0.6) is 0 Å². The molecule has 3 rings (SSSR count). The fourth-order valence-electron chi connectivity index (χ4n) is 2.32. The Morgan fingerprint density at radius 1 is 1.12 bits per heavy atom. The van der Waals surface area contributed by atoms with Crippen molar-refractivity contribution < 1.29 is 13.2 Å². The Balaban J connectivity index is 2.28. The number of nitrogens with zero attached hydrogens (tertiary/aromatic N) is 2. The van der Waals surface area contributed by atoms with Gasteiger partial charge in [0.1, 0.15) is 6.33 Å². The lowest BCUT2D eigenvalue weighted by Gasteiger charge is -2.13. The summed E-state index contributed by atoms with van der Waals surface area (Å²) >= 11 is 3.27. The van der Waals surface area contributed by atoms with Gasteiger partial charge in [-0.05, 0) is 23.8 Å². The van der Waals surface area contributed by atoms with Crippen molar-refractivity contribution >= 4 is 32.5 Å². The standard InChI is InChI=1S/C17H10BrF3N2O/c18-12-6-7-13-14(8-12)22-10-23(16(13)24)15(9-17(19,20)21)11-4-2-1-3-5-11/h1-10H/b15-9-. The van der Waals surface area contributed by atoms with E-state index in [2.05, 4.69) is 20.9 Å². The molecule has 2 aromatic carbocycles. The molecule has 0 fully saturated rings. The first-order valence-electron chi connectivity index (χ1n) is 6.87. The first-order chi connectivity index (χ1) is 11.3. The maximum absolute atomic E-state index is 13.0. The molecule has 0 spiro atoms. The van der Waals surface area contributed by atoms with Gasteiger partial charge in [-0.3, -0.25) is 9.36 Å². The van der Waals surface area contributed by atoms with E-state index in [9.17, 15) is 18.0 Å². The quantitative estimate of drug-likeness (QED) is 0.635. The van der Waals surface area contributed by atoms with Crippen molar-refractivity contribution in [1.82, 2.24) is 9.55 Å². The number of alkyl halides is 3. The highest BCUT2D eigenvalue weighted by Gasteiger charge is 2.26. The summed E-state index contributed by atoms with van der Waals surface area (Å²) in [6, 6.07) is 12.7. The molecule has 0 N–H and O–H groups in total. The first-order valence-corrected chi connectivity index (χ1v) is 7.67. The van der Waals surface area contributed by atoms with Gasteiger partial charge in [0.2, 0.25) is 0 Å². The number of aromatic nitrogens is 2. The second-order valence-corrected chi connectivity index (χ2v) is 5.93.